The van der Waals surface area contributed by atoms with Gasteiger partial charge in [-0.15, -0.1) is 0 Å². The number of ether oxygens (including phenoxy) is 1. The van der Waals surface area contributed by atoms with E-state index < -0.39 is 20.0 Å². The lowest BCUT2D eigenvalue weighted by Gasteiger charge is -2.35. The maximum atomic E-state index is 12.7. The van der Waals surface area contributed by atoms with Gasteiger partial charge in [0.05, 0.1) is 17.8 Å². The van der Waals surface area contributed by atoms with E-state index in [9.17, 15) is 21.6 Å². The Labute approximate surface area is 207 Å². The van der Waals surface area contributed by atoms with E-state index in [2.05, 4.69) is 10.2 Å². The van der Waals surface area contributed by atoms with Gasteiger partial charge in [0.1, 0.15) is 5.75 Å². The lowest BCUT2D eigenvalue weighted by molar-refractivity contribution is 0.0953. The number of anilines is 1. The quantitative estimate of drug-likeness (QED) is 0.465. The second kappa shape index (κ2) is 11.4. The molecule has 0 saturated carbocycles. The highest BCUT2D eigenvalue weighted by atomic mass is 32.2. The van der Waals surface area contributed by atoms with Gasteiger partial charge in [0.2, 0.25) is 20.0 Å². The average molecular weight is 525 g/mol. The fourth-order valence-electron chi connectivity index (χ4n) is 3.69. The predicted molar refractivity (Wildman–Crippen MR) is 135 cm³/mol. The minimum Gasteiger partial charge on any atom is -0.497 e. The van der Waals surface area contributed by atoms with Gasteiger partial charge in [-0.1, -0.05) is 0 Å². The summed E-state index contributed by atoms with van der Waals surface area (Å²) in [6.45, 7) is 2.21. The van der Waals surface area contributed by atoms with E-state index in [-0.39, 0.29) is 29.5 Å². The van der Waals surface area contributed by atoms with Gasteiger partial charge in [0.25, 0.3) is 5.91 Å². The van der Waals surface area contributed by atoms with E-state index in [0.717, 1.165) is 15.7 Å². The van der Waals surface area contributed by atoms with Crippen molar-refractivity contribution in [1.29, 1.82) is 0 Å². The smallest absolute Gasteiger partial charge is 0.251 e. The van der Waals surface area contributed by atoms with Crippen LogP contribution >= 0.6 is 0 Å². The number of carbonyl (C=O) groups excluding carboxylic acids is 1. The molecule has 2 aromatic rings. The summed E-state index contributed by atoms with van der Waals surface area (Å²) < 4.78 is 57.5. The summed E-state index contributed by atoms with van der Waals surface area (Å²) in [5.41, 5.74) is 1.33. The van der Waals surface area contributed by atoms with Crippen molar-refractivity contribution in [3.63, 3.8) is 0 Å². The molecule has 1 fully saturated rings. The van der Waals surface area contributed by atoms with Gasteiger partial charge in [0, 0.05) is 58.1 Å². The molecule has 1 aliphatic rings. The van der Waals surface area contributed by atoms with E-state index in [1.165, 1.54) is 42.7 Å². The van der Waals surface area contributed by atoms with Crippen molar-refractivity contribution in [2.45, 2.75) is 11.3 Å². The molecule has 1 N–H and O–H groups in total. The van der Waals surface area contributed by atoms with Crippen LogP contribution in [0.25, 0.3) is 0 Å². The Balaban J connectivity index is 1.44. The average Bonchev–Trinajstić information content (AvgIpc) is 2.86. The number of sulfonamides is 2. The highest BCUT2D eigenvalue weighted by Crippen LogP contribution is 2.21. The second-order valence-corrected chi connectivity index (χ2v) is 12.6. The maximum absolute atomic E-state index is 12.7. The first-order chi connectivity index (χ1) is 16.5. The van der Waals surface area contributed by atoms with Crippen molar-refractivity contribution in [2.24, 2.45) is 0 Å². The van der Waals surface area contributed by atoms with E-state index in [4.69, 9.17) is 4.74 Å². The van der Waals surface area contributed by atoms with E-state index in [1.54, 1.807) is 7.11 Å². The molecule has 1 amide bonds. The molecule has 0 unspecified atom stereocenters. The summed E-state index contributed by atoms with van der Waals surface area (Å²) in [4.78, 5) is 14.6. The van der Waals surface area contributed by atoms with Crippen molar-refractivity contribution >= 4 is 31.6 Å². The van der Waals surface area contributed by atoms with Gasteiger partial charge in [-0.05, 0) is 55.0 Å². The normalized spacial score (nSPS) is 15.3. The fourth-order valence-corrected chi connectivity index (χ4v) is 6.08. The molecular formula is C23H32N4O6S2. The number of hydrogen-bond acceptors (Lipinski definition) is 7. The Morgan fingerprint density at radius 2 is 1.54 bits per heavy atom. The molecule has 12 heteroatoms. The number of nitrogens with zero attached hydrogens (tertiary/aromatic N) is 3. The van der Waals surface area contributed by atoms with Crippen molar-refractivity contribution < 1.29 is 26.4 Å². The van der Waals surface area contributed by atoms with E-state index >= 15 is 0 Å². The van der Waals surface area contributed by atoms with Crippen LogP contribution in [0.5, 0.6) is 5.75 Å². The molecule has 35 heavy (non-hydrogen) atoms. The molecule has 0 bridgehead atoms. The zero-order chi connectivity index (χ0) is 25.6. The van der Waals surface area contributed by atoms with E-state index in [0.29, 0.717) is 31.7 Å². The molecule has 1 aliphatic heterocycles. The zero-order valence-electron chi connectivity index (χ0n) is 20.2. The number of amides is 1. The first kappa shape index (κ1) is 26.9. The molecule has 0 atom stereocenters. The van der Waals surface area contributed by atoms with Crippen LogP contribution in [-0.2, 0) is 20.0 Å². The third kappa shape index (κ3) is 6.72. The van der Waals surface area contributed by atoms with Crippen molar-refractivity contribution in [3.8, 4) is 5.75 Å². The Morgan fingerprint density at radius 1 is 0.943 bits per heavy atom. The Morgan fingerprint density at radius 3 is 2.09 bits per heavy atom. The van der Waals surface area contributed by atoms with Gasteiger partial charge in [0.15, 0.2) is 0 Å². The number of rotatable bonds is 10. The molecule has 0 spiro atoms. The summed E-state index contributed by atoms with van der Waals surface area (Å²) >= 11 is 0. The monoisotopic (exact) mass is 524 g/mol. The standard InChI is InChI=1S/C23H32N4O6S2/c1-25(2)35(31,32)22-11-5-19(6-12-22)23(28)24-13-4-18-34(29,30)27-16-14-26(15-17-27)20-7-9-21(33-3)10-8-20/h5-12H,4,13-18H2,1-3H3,(H,24,28). The van der Waals surface area contributed by atoms with Crippen LogP contribution in [0.3, 0.4) is 0 Å². The van der Waals surface area contributed by atoms with Crippen LogP contribution in [0.1, 0.15) is 16.8 Å². The Hall–Kier alpha value is -2.67. The summed E-state index contributed by atoms with van der Waals surface area (Å²) in [5.74, 6) is 0.330. The van der Waals surface area contributed by atoms with Gasteiger partial charge in [-0.3, -0.25) is 4.79 Å². The Bertz CT molecular complexity index is 1210. The summed E-state index contributed by atoms with van der Waals surface area (Å²) in [5, 5.41) is 2.69. The first-order valence-corrected chi connectivity index (χ1v) is 14.3. The van der Waals surface area contributed by atoms with Crippen LogP contribution in [0.2, 0.25) is 0 Å². The molecule has 1 heterocycles. The van der Waals surface area contributed by atoms with Crippen LogP contribution in [0.15, 0.2) is 53.4 Å². The van der Waals surface area contributed by atoms with Crippen LogP contribution in [0, 0.1) is 0 Å². The fraction of sp³-hybridized carbons (Fsp3) is 0.435. The maximum Gasteiger partial charge on any atom is 0.251 e. The molecule has 192 valence electrons. The van der Waals surface area contributed by atoms with Crippen LogP contribution in [0.4, 0.5) is 5.69 Å². The number of carbonyl (C=O) groups is 1. The number of nitrogens with one attached hydrogen (secondary N) is 1. The number of hydrogen-bond donors (Lipinski definition) is 1. The van der Waals surface area contributed by atoms with E-state index in [1.807, 2.05) is 24.3 Å². The first-order valence-electron chi connectivity index (χ1n) is 11.2. The highest BCUT2D eigenvalue weighted by molar-refractivity contribution is 7.89. The van der Waals surface area contributed by atoms with Crippen LogP contribution < -0.4 is 15.0 Å². The minimum atomic E-state index is -3.57. The Kier molecular flexibility index (Phi) is 8.75. The van der Waals surface area contributed by atoms with Gasteiger partial charge >= 0.3 is 0 Å². The van der Waals surface area contributed by atoms with Crippen LogP contribution in [-0.4, -0.2) is 91.0 Å². The van der Waals surface area contributed by atoms with Crippen molar-refractivity contribution in [1.82, 2.24) is 13.9 Å². The molecule has 1 saturated heterocycles. The summed E-state index contributed by atoms with van der Waals surface area (Å²) in [6, 6.07) is 13.3. The second-order valence-electron chi connectivity index (χ2n) is 8.32. The van der Waals surface area contributed by atoms with Gasteiger partial charge < -0.3 is 15.0 Å². The molecule has 0 aliphatic carbocycles. The zero-order valence-corrected chi connectivity index (χ0v) is 21.8. The molecule has 10 nitrogen and oxygen atoms in total. The number of methoxy groups -OCH3 is 1. The number of piperazine rings is 1. The molecular weight excluding hydrogens is 492 g/mol. The lowest BCUT2D eigenvalue weighted by Crippen LogP contribution is -2.49. The molecule has 0 radical (unpaired) electrons. The molecule has 2 aromatic carbocycles. The SMILES string of the molecule is COc1ccc(N2CCN(S(=O)(=O)CCCNC(=O)c3ccc(S(=O)(=O)N(C)C)cc3)CC2)cc1. The predicted octanol–water partition coefficient (Wildman–Crippen LogP) is 1.22. The van der Waals surface area contributed by atoms with Gasteiger partial charge in [-0.2, -0.15) is 4.31 Å². The topological polar surface area (TPSA) is 116 Å². The van der Waals surface area contributed by atoms with Gasteiger partial charge in [-0.25, -0.2) is 21.1 Å². The van der Waals surface area contributed by atoms with Crippen molar-refractivity contribution in [2.75, 3.05) is 64.6 Å². The minimum absolute atomic E-state index is 0.0597. The lowest BCUT2D eigenvalue weighted by atomic mass is 10.2. The largest absolute Gasteiger partial charge is 0.497 e. The summed E-state index contributed by atoms with van der Waals surface area (Å²) in [6.07, 6.45) is 0.278. The molecule has 3 rings (SSSR count). The third-order valence-electron chi connectivity index (χ3n) is 5.83. The number of benzene rings is 2. The third-order valence-corrected chi connectivity index (χ3v) is 9.62. The molecule has 0 aromatic heterocycles. The highest BCUT2D eigenvalue weighted by Gasteiger charge is 2.26. The van der Waals surface area contributed by atoms with Crippen molar-refractivity contribution in [3.05, 3.63) is 54.1 Å². The summed E-state index contributed by atoms with van der Waals surface area (Å²) in [7, 11) is -2.51.